The van der Waals surface area contributed by atoms with Gasteiger partial charge in [-0.2, -0.15) is 0 Å². The molecule has 0 aromatic heterocycles. The Labute approximate surface area is 122 Å². The fraction of sp³-hybridized carbons (Fsp3) is 0.500. The molecule has 1 aliphatic heterocycles. The van der Waals surface area contributed by atoms with E-state index in [9.17, 15) is 4.79 Å². The third-order valence-corrected chi connectivity index (χ3v) is 4.25. The first-order chi connectivity index (χ1) is 9.11. The number of rotatable bonds is 4. The second kappa shape index (κ2) is 6.39. The number of nitrogens with one attached hydrogen (secondary N) is 1. The monoisotopic (exact) mass is 325 g/mol. The number of hydrogen-bond donors (Lipinski definition) is 2. The Hall–Kier alpha value is -1.07. The minimum absolute atomic E-state index is 0.398. The van der Waals surface area contributed by atoms with Crippen molar-refractivity contribution in [1.82, 2.24) is 5.32 Å². The number of nitrogens with zero attached hydrogens (tertiary/aromatic N) is 1. The van der Waals surface area contributed by atoms with Crippen molar-refractivity contribution in [3.05, 3.63) is 28.2 Å². The largest absolute Gasteiger partial charge is 0.371 e. The van der Waals surface area contributed by atoms with E-state index in [1.54, 1.807) is 6.07 Å². The van der Waals surface area contributed by atoms with Crippen LogP contribution in [0.15, 0.2) is 22.7 Å². The Morgan fingerprint density at radius 3 is 3.00 bits per heavy atom. The molecule has 0 radical (unpaired) electrons. The van der Waals surface area contributed by atoms with E-state index >= 15 is 0 Å². The van der Waals surface area contributed by atoms with Crippen LogP contribution in [0.25, 0.3) is 0 Å². The minimum Gasteiger partial charge on any atom is -0.371 e. The van der Waals surface area contributed by atoms with Gasteiger partial charge in [-0.1, -0.05) is 0 Å². The Morgan fingerprint density at radius 1 is 1.58 bits per heavy atom. The molecule has 1 aromatic carbocycles. The van der Waals surface area contributed by atoms with Gasteiger partial charge < -0.3 is 16.0 Å². The van der Waals surface area contributed by atoms with E-state index < -0.39 is 5.91 Å². The van der Waals surface area contributed by atoms with E-state index in [-0.39, 0.29) is 0 Å². The molecule has 0 saturated carbocycles. The van der Waals surface area contributed by atoms with Crippen LogP contribution < -0.4 is 16.0 Å². The third kappa shape index (κ3) is 3.48. The van der Waals surface area contributed by atoms with Crippen LogP contribution in [0.1, 0.15) is 23.2 Å². The molecular formula is C14H20BrN3O. The highest BCUT2D eigenvalue weighted by atomic mass is 79.9. The predicted molar refractivity (Wildman–Crippen MR) is 81.5 cm³/mol. The lowest BCUT2D eigenvalue weighted by atomic mass is 9.97. The Balaban J connectivity index is 2.13. The average Bonchev–Trinajstić information content (AvgIpc) is 2.39. The van der Waals surface area contributed by atoms with Crippen molar-refractivity contribution >= 4 is 27.5 Å². The van der Waals surface area contributed by atoms with Gasteiger partial charge in [-0.3, -0.25) is 4.79 Å². The molecule has 0 aliphatic carbocycles. The summed E-state index contributed by atoms with van der Waals surface area (Å²) in [5, 5.41) is 3.25. The minimum atomic E-state index is -0.398. The van der Waals surface area contributed by atoms with Crippen molar-refractivity contribution < 1.29 is 4.79 Å². The second-order valence-electron chi connectivity index (χ2n) is 5.04. The molecule has 3 N–H and O–H groups in total. The number of anilines is 1. The van der Waals surface area contributed by atoms with Crippen molar-refractivity contribution in [2.24, 2.45) is 11.7 Å². The molecule has 1 fully saturated rings. The van der Waals surface area contributed by atoms with E-state index in [1.165, 1.54) is 12.8 Å². The van der Waals surface area contributed by atoms with Crippen LogP contribution in [-0.4, -0.2) is 32.6 Å². The zero-order valence-corrected chi connectivity index (χ0v) is 12.7. The number of halogens is 1. The van der Waals surface area contributed by atoms with Gasteiger partial charge in [0.2, 0.25) is 5.91 Å². The highest BCUT2D eigenvalue weighted by molar-refractivity contribution is 9.10. The lowest BCUT2D eigenvalue weighted by Crippen LogP contribution is -2.39. The molecule has 2 rings (SSSR count). The number of nitrogens with two attached hydrogens (primary N) is 1. The van der Waals surface area contributed by atoms with Crippen LogP contribution in [0.3, 0.4) is 0 Å². The number of hydrogen-bond acceptors (Lipinski definition) is 3. The van der Waals surface area contributed by atoms with E-state index in [4.69, 9.17) is 5.73 Å². The summed E-state index contributed by atoms with van der Waals surface area (Å²) in [6, 6.07) is 5.76. The van der Waals surface area contributed by atoms with Crippen LogP contribution in [0.2, 0.25) is 0 Å². The average molecular weight is 326 g/mol. The van der Waals surface area contributed by atoms with Crippen molar-refractivity contribution in [3.8, 4) is 0 Å². The summed E-state index contributed by atoms with van der Waals surface area (Å²) < 4.78 is 0.772. The Kier molecular flexibility index (Phi) is 4.82. The van der Waals surface area contributed by atoms with Gasteiger partial charge in [0.1, 0.15) is 0 Å². The molecule has 5 heteroatoms. The second-order valence-corrected chi connectivity index (χ2v) is 5.89. The van der Waals surface area contributed by atoms with Crippen LogP contribution in [0.4, 0.5) is 5.69 Å². The van der Waals surface area contributed by atoms with Gasteiger partial charge in [0.15, 0.2) is 0 Å². The maximum Gasteiger partial charge on any atom is 0.249 e. The molecule has 1 aliphatic rings. The lowest BCUT2D eigenvalue weighted by molar-refractivity contribution is 0.0999. The maximum absolute atomic E-state index is 11.2. The normalized spacial score (nSPS) is 19.5. The predicted octanol–water partition coefficient (Wildman–Crippen LogP) is 1.98. The Morgan fingerprint density at radius 2 is 2.37 bits per heavy atom. The van der Waals surface area contributed by atoms with Crippen LogP contribution >= 0.6 is 15.9 Å². The van der Waals surface area contributed by atoms with Gasteiger partial charge in [-0.25, -0.2) is 0 Å². The van der Waals surface area contributed by atoms with Gasteiger partial charge in [-0.15, -0.1) is 0 Å². The molecule has 1 heterocycles. The summed E-state index contributed by atoms with van der Waals surface area (Å²) in [4.78, 5) is 13.6. The first-order valence-corrected chi connectivity index (χ1v) is 7.40. The van der Waals surface area contributed by atoms with Gasteiger partial charge in [0.25, 0.3) is 0 Å². The molecule has 1 aromatic rings. The Bertz CT molecular complexity index is 462. The lowest BCUT2D eigenvalue weighted by Gasteiger charge is -2.34. The first kappa shape index (κ1) is 14.3. The van der Waals surface area contributed by atoms with Crippen LogP contribution in [0.5, 0.6) is 0 Å². The summed E-state index contributed by atoms with van der Waals surface area (Å²) in [6.07, 6.45) is 2.49. The quantitative estimate of drug-likeness (QED) is 0.890. The topological polar surface area (TPSA) is 58.4 Å². The molecule has 4 nitrogen and oxygen atoms in total. The van der Waals surface area contributed by atoms with Crippen LogP contribution in [0, 0.1) is 5.92 Å². The highest BCUT2D eigenvalue weighted by Crippen LogP contribution is 2.27. The molecule has 1 atom stereocenters. The zero-order valence-electron chi connectivity index (χ0n) is 11.2. The molecule has 1 amide bonds. The molecular weight excluding hydrogens is 306 g/mol. The SMILES string of the molecule is CNCC1CCCN(c2ccc(C(N)=O)c(Br)c2)C1. The standard InChI is InChI=1S/C14H20BrN3O/c1-17-8-10-3-2-6-18(9-10)11-4-5-12(14(16)19)13(15)7-11/h4-5,7,10,17H,2-3,6,8-9H2,1H3,(H2,16,19). The van der Waals surface area contributed by atoms with E-state index in [0.29, 0.717) is 11.5 Å². The van der Waals surface area contributed by atoms with E-state index in [0.717, 1.165) is 29.8 Å². The number of benzene rings is 1. The van der Waals surface area contributed by atoms with Crippen molar-refractivity contribution in [2.45, 2.75) is 12.8 Å². The number of primary amides is 1. The first-order valence-electron chi connectivity index (χ1n) is 6.60. The van der Waals surface area contributed by atoms with Crippen LogP contribution in [-0.2, 0) is 0 Å². The molecule has 19 heavy (non-hydrogen) atoms. The van der Waals surface area contributed by atoms with Gasteiger partial charge >= 0.3 is 0 Å². The third-order valence-electron chi connectivity index (χ3n) is 3.60. The molecule has 1 saturated heterocycles. The van der Waals surface area contributed by atoms with Crippen molar-refractivity contribution in [1.29, 1.82) is 0 Å². The fourth-order valence-corrected chi connectivity index (χ4v) is 3.22. The summed E-state index contributed by atoms with van der Waals surface area (Å²) in [5.74, 6) is 0.290. The zero-order chi connectivity index (χ0) is 13.8. The van der Waals surface area contributed by atoms with Gasteiger partial charge in [0.05, 0.1) is 5.56 Å². The van der Waals surface area contributed by atoms with Gasteiger partial charge in [0, 0.05) is 23.2 Å². The summed E-state index contributed by atoms with van der Waals surface area (Å²) in [5.41, 5.74) is 7.00. The van der Waals surface area contributed by atoms with Crippen molar-refractivity contribution in [2.75, 3.05) is 31.6 Å². The number of carbonyl (C=O) groups is 1. The summed E-state index contributed by atoms with van der Waals surface area (Å²) >= 11 is 3.42. The molecule has 0 bridgehead atoms. The molecule has 1 unspecified atom stereocenters. The highest BCUT2D eigenvalue weighted by Gasteiger charge is 2.20. The maximum atomic E-state index is 11.2. The molecule has 104 valence electrons. The van der Waals surface area contributed by atoms with Crippen molar-refractivity contribution in [3.63, 3.8) is 0 Å². The molecule has 0 spiro atoms. The number of piperidine rings is 1. The summed E-state index contributed by atoms with van der Waals surface area (Å²) in [6.45, 7) is 3.18. The smallest absolute Gasteiger partial charge is 0.249 e. The number of amides is 1. The van der Waals surface area contributed by atoms with E-state index in [1.807, 2.05) is 19.2 Å². The summed E-state index contributed by atoms with van der Waals surface area (Å²) in [7, 11) is 2.00. The number of carbonyl (C=O) groups excluding carboxylic acids is 1. The van der Waals surface area contributed by atoms with E-state index in [2.05, 4.69) is 26.1 Å². The van der Waals surface area contributed by atoms with Gasteiger partial charge in [-0.05, 0) is 66.5 Å². The fourth-order valence-electron chi connectivity index (χ4n) is 2.66.